The molecule has 1 N–H and O–H groups in total. The van der Waals surface area contributed by atoms with Gasteiger partial charge in [-0.05, 0) is 96.4 Å². The van der Waals surface area contributed by atoms with Gasteiger partial charge in [0.25, 0.3) is 0 Å². The number of aliphatic hydroxyl groups excluding tert-OH is 1. The second-order valence-corrected chi connectivity index (χ2v) is 9.62. The van der Waals surface area contributed by atoms with Gasteiger partial charge in [0.15, 0.2) is 0 Å². The monoisotopic (exact) mass is 404 g/mol. The highest BCUT2D eigenvalue weighted by Gasteiger charge is 2.56. The van der Waals surface area contributed by atoms with E-state index in [1.807, 2.05) is 12.1 Å². The third-order valence-electron chi connectivity index (χ3n) is 8.27. The van der Waals surface area contributed by atoms with Crippen molar-refractivity contribution < 1.29 is 14.6 Å². The van der Waals surface area contributed by atoms with Gasteiger partial charge >= 0.3 is 0 Å². The molecular weight excluding hydrogens is 372 g/mol. The molecule has 2 fully saturated rings. The molecule has 3 nitrogen and oxygen atoms in total. The second kappa shape index (κ2) is 7.46. The van der Waals surface area contributed by atoms with Gasteiger partial charge in [0, 0.05) is 5.41 Å². The minimum Gasteiger partial charge on any atom is -0.497 e. The summed E-state index contributed by atoms with van der Waals surface area (Å²) in [6.45, 7) is 2.33. The van der Waals surface area contributed by atoms with Gasteiger partial charge in [-0.2, -0.15) is 0 Å². The molecule has 3 aliphatic carbocycles. The highest BCUT2D eigenvalue weighted by Crippen LogP contribution is 2.62. The van der Waals surface area contributed by atoms with E-state index in [1.165, 1.54) is 29.5 Å². The molecule has 5 rings (SSSR count). The number of hydrogen-bond donors (Lipinski definition) is 1. The first kappa shape index (κ1) is 19.7. The number of hydrogen-bond acceptors (Lipinski definition) is 3. The number of rotatable bonds is 3. The fourth-order valence-electron chi connectivity index (χ4n) is 6.60. The Morgan fingerprint density at radius 2 is 1.73 bits per heavy atom. The van der Waals surface area contributed by atoms with E-state index in [2.05, 4.69) is 43.3 Å². The van der Waals surface area contributed by atoms with E-state index in [0.29, 0.717) is 17.8 Å². The fraction of sp³-hybridized carbons (Fsp3) is 0.481. The molecule has 0 amide bonds. The lowest BCUT2D eigenvalue weighted by Crippen LogP contribution is -2.44. The summed E-state index contributed by atoms with van der Waals surface area (Å²) < 4.78 is 10.7. The Hall–Kier alpha value is -2.26. The van der Waals surface area contributed by atoms with Crippen LogP contribution in [-0.4, -0.2) is 25.4 Å². The van der Waals surface area contributed by atoms with E-state index in [1.54, 1.807) is 14.2 Å². The molecular formula is C27H32O3. The SMILES string of the molecule is COc1ccc(/C=C2\C[C@@H]3[C@@H]4CCc5cc(OC)ccc5[C@@H]4CC[C@]3(C)[C@H]2O)cc1. The topological polar surface area (TPSA) is 38.7 Å². The molecule has 2 saturated carbocycles. The Bertz CT molecular complexity index is 961. The van der Waals surface area contributed by atoms with Crippen LogP contribution in [-0.2, 0) is 6.42 Å². The van der Waals surface area contributed by atoms with Crippen LogP contribution in [0, 0.1) is 17.3 Å². The Morgan fingerprint density at radius 3 is 2.47 bits per heavy atom. The van der Waals surface area contributed by atoms with E-state index < -0.39 is 0 Å². The summed E-state index contributed by atoms with van der Waals surface area (Å²) in [6, 6.07) is 14.8. The summed E-state index contributed by atoms with van der Waals surface area (Å²) in [4.78, 5) is 0. The van der Waals surface area contributed by atoms with Gasteiger partial charge in [0.05, 0.1) is 20.3 Å². The normalized spacial score (nSPS) is 33.5. The summed E-state index contributed by atoms with van der Waals surface area (Å²) in [6.07, 6.45) is 7.47. The Morgan fingerprint density at radius 1 is 1.00 bits per heavy atom. The van der Waals surface area contributed by atoms with Crippen LogP contribution in [0.5, 0.6) is 11.5 Å². The lowest BCUT2D eigenvalue weighted by Gasteiger charge is -2.49. The Kier molecular flexibility index (Phi) is 4.89. The van der Waals surface area contributed by atoms with E-state index >= 15 is 0 Å². The van der Waals surface area contributed by atoms with Gasteiger partial charge in [-0.1, -0.05) is 31.2 Å². The summed E-state index contributed by atoms with van der Waals surface area (Å²) in [5.41, 5.74) is 5.32. The first-order valence-corrected chi connectivity index (χ1v) is 11.2. The van der Waals surface area contributed by atoms with Crippen molar-refractivity contribution in [2.24, 2.45) is 17.3 Å². The van der Waals surface area contributed by atoms with Gasteiger partial charge in [-0.15, -0.1) is 0 Å². The van der Waals surface area contributed by atoms with Crippen LogP contribution in [0.25, 0.3) is 6.08 Å². The lowest BCUT2D eigenvalue weighted by molar-refractivity contribution is -0.0158. The second-order valence-electron chi connectivity index (χ2n) is 9.62. The summed E-state index contributed by atoms with van der Waals surface area (Å²) >= 11 is 0. The first-order valence-electron chi connectivity index (χ1n) is 11.2. The van der Waals surface area contributed by atoms with Crippen molar-refractivity contribution >= 4 is 6.08 Å². The van der Waals surface area contributed by atoms with Crippen molar-refractivity contribution in [1.82, 2.24) is 0 Å². The largest absolute Gasteiger partial charge is 0.497 e. The molecule has 0 aromatic heterocycles. The third-order valence-corrected chi connectivity index (χ3v) is 8.27. The maximum Gasteiger partial charge on any atom is 0.119 e. The van der Waals surface area contributed by atoms with Crippen LogP contribution in [0.15, 0.2) is 48.0 Å². The standard InChI is InChI=1S/C27H32O3/c1-27-13-12-23-22-11-9-21(30-3)15-18(22)6-10-24(23)25(27)16-19(26(27)28)14-17-4-7-20(29-2)8-5-17/h4-5,7-9,11,14-15,23-26,28H,6,10,12-13,16H2,1-3H3/b19-14+/t23-,24+,25+,26-,27-/m0/s1. The predicted octanol–water partition coefficient (Wildman–Crippen LogP) is 5.61. The molecule has 30 heavy (non-hydrogen) atoms. The van der Waals surface area contributed by atoms with E-state index in [-0.39, 0.29) is 11.5 Å². The summed E-state index contributed by atoms with van der Waals surface area (Å²) in [7, 11) is 3.44. The molecule has 158 valence electrons. The van der Waals surface area contributed by atoms with Crippen molar-refractivity contribution in [3.05, 3.63) is 64.7 Å². The number of methoxy groups -OCH3 is 2. The Labute approximate surface area is 179 Å². The number of ether oxygens (including phenoxy) is 2. The van der Waals surface area contributed by atoms with E-state index in [0.717, 1.165) is 36.3 Å². The van der Waals surface area contributed by atoms with Gasteiger partial charge < -0.3 is 14.6 Å². The van der Waals surface area contributed by atoms with Crippen LogP contribution in [0.1, 0.15) is 55.2 Å². The molecule has 0 unspecified atom stereocenters. The molecule has 0 bridgehead atoms. The zero-order valence-corrected chi connectivity index (χ0v) is 18.2. The minimum atomic E-state index is -0.345. The maximum absolute atomic E-state index is 11.3. The van der Waals surface area contributed by atoms with Gasteiger partial charge in [-0.3, -0.25) is 0 Å². The first-order chi connectivity index (χ1) is 14.5. The molecule has 0 heterocycles. The Balaban J connectivity index is 1.44. The maximum atomic E-state index is 11.3. The quantitative estimate of drug-likeness (QED) is 0.722. The van der Waals surface area contributed by atoms with Gasteiger partial charge in [0.1, 0.15) is 11.5 Å². The van der Waals surface area contributed by atoms with Crippen LogP contribution < -0.4 is 9.47 Å². The van der Waals surface area contributed by atoms with Crippen LogP contribution in [0.3, 0.4) is 0 Å². The third kappa shape index (κ3) is 3.06. The molecule has 2 aromatic rings. The van der Waals surface area contributed by atoms with Crippen molar-refractivity contribution in [2.75, 3.05) is 14.2 Å². The zero-order valence-electron chi connectivity index (χ0n) is 18.2. The number of benzene rings is 2. The fourth-order valence-corrected chi connectivity index (χ4v) is 6.60. The molecule has 0 radical (unpaired) electrons. The molecule has 3 heteroatoms. The molecule has 5 atom stereocenters. The van der Waals surface area contributed by atoms with E-state index in [4.69, 9.17) is 9.47 Å². The zero-order chi connectivity index (χ0) is 20.9. The van der Waals surface area contributed by atoms with Gasteiger partial charge in [-0.25, -0.2) is 0 Å². The molecule has 0 saturated heterocycles. The predicted molar refractivity (Wildman–Crippen MR) is 120 cm³/mol. The highest BCUT2D eigenvalue weighted by molar-refractivity contribution is 5.56. The number of aryl methyl sites for hydroxylation is 1. The number of aliphatic hydroxyl groups is 1. The molecule has 0 aliphatic heterocycles. The van der Waals surface area contributed by atoms with Gasteiger partial charge in [0.2, 0.25) is 0 Å². The summed E-state index contributed by atoms with van der Waals surface area (Å²) in [5.74, 6) is 3.65. The molecule has 0 spiro atoms. The number of fused-ring (bicyclic) bond motifs is 5. The van der Waals surface area contributed by atoms with Crippen LogP contribution in [0.4, 0.5) is 0 Å². The average Bonchev–Trinajstić information content (AvgIpc) is 3.04. The van der Waals surface area contributed by atoms with Crippen LogP contribution in [0.2, 0.25) is 0 Å². The highest BCUT2D eigenvalue weighted by atomic mass is 16.5. The molecule has 3 aliphatic rings. The lowest BCUT2D eigenvalue weighted by atomic mass is 9.55. The van der Waals surface area contributed by atoms with Crippen molar-refractivity contribution in [3.8, 4) is 11.5 Å². The van der Waals surface area contributed by atoms with Crippen molar-refractivity contribution in [3.63, 3.8) is 0 Å². The smallest absolute Gasteiger partial charge is 0.119 e. The average molecular weight is 405 g/mol. The minimum absolute atomic E-state index is 0.0105. The van der Waals surface area contributed by atoms with Crippen molar-refractivity contribution in [1.29, 1.82) is 0 Å². The van der Waals surface area contributed by atoms with Crippen molar-refractivity contribution in [2.45, 2.75) is 51.0 Å². The molecule has 2 aromatic carbocycles. The van der Waals surface area contributed by atoms with E-state index in [9.17, 15) is 5.11 Å². The summed E-state index contributed by atoms with van der Waals surface area (Å²) in [5, 5.41) is 11.3. The van der Waals surface area contributed by atoms with Crippen LogP contribution >= 0.6 is 0 Å².